The summed E-state index contributed by atoms with van der Waals surface area (Å²) in [6.45, 7) is 1.93. The standard InChI is InChI=1S/C27H23N3O4S/c1-16-6-10-18(11-7-16)27(33)34-20-12-8-17(9-13-20)14-19(15-28)25(32)30-26-23(24(29)31)21-4-2-3-5-22(21)35-26/h6-14H,2-5H2,1H3,(H2,29,31)(H,30,32). The lowest BCUT2D eigenvalue weighted by Crippen LogP contribution is -2.19. The topological polar surface area (TPSA) is 122 Å². The molecule has 0 saturated carbocycles. The molecule has 0 spiro atoms. The van der Waals surface area contributed by atoms with Gasteiger partial charge in [-0.15, -0.1) is 11.3 Å². The van der Waals surface area contributed by atoms with Crippen molar-refractivity contribution >= 4 is 40.2 Å². The van der Waals surface area contributed by atoms with Crippen molar-refractivity contribution in [2.24, 2.45) is 5.73 Å². The van der Waals surface area contributed by atoms with Gasteiger partial charge in [-0.2, -0.15) is 5.26 Å². The van der Waals surface area contributed by atoms with Gasteiger partial charge < -0.3 is 15.8 Å². The Morgan fingerprint density at radius 3 is 2.40 bits per heavy atom. The summed E-state index contributed by atoms with van der Waals surface area (Å²) in [5.41, 5.74) is 8.76. The number of esters is 1. The first-order valence-corrected chi connectivity index (χ1v) is 11.9. The van der Waals surface area contributed by atoms with E-state index in [1.165, 1.54) is 17.4 Å². The lowest BCUT2D eigenvalue weighted by Gasteiger charge is -2.11. The molecule has 176 valence electrons. The number of amides is 2. The highest BCUT2D eigenvalue weighted by atomic mass is 32.1. The van der Waals surface area contributed by atoms with Gasteiger partial charge in [-0.3, -0.25) is 9.59 Å². The van der Waals surface area contributed by atoms with Crippen LogP contribution in [0.3, 0.4) is 0 Å². The first-order chi connectivity index (χ1) is 16.9. The number of nitrogens with zero attached hydrogens (tertiary/aromatic N) is 1. The molecule has 1 heterocycles. The number of aryl methyl sites for hydroxylation is 2. The molecule has 0 atom stereocenters. The van der Waals surface area contributed by atoms with Gasteiger partial charge in [-0.25, -0.2) is 4.79 Å². The maximum absolute atomic E-state index is 12.8. The zero-order valence-electron chi connectivity index (χ0n) is 19.1. The molecule has 1 aromatic heterocycles. The van der Waals surface area contributed by atoms with E-state index in [1.54, 1.807) is 36.4 Å². The highest BCUT2D eigenvalue weighted by Crippen LogP contribution is 2.38. The molecular weight excluding hydrogens is 462 g/mol. The number of nitrogens with two attached hydrogens (primary N) is 1. The highest BCUT2D eigenvalue weighted by molar-refractivity contribution is 7.17. The fraction of sp³-hybridized carbons (Fsp3) is 0.185. The smallest absolute Gasteiger partial charge is 0.343 e. The van der Waals surface area contributed by atoms with Crippen LogP contribution >= 0.6 is 11.3 Å². The third-order valence-corrected chi connectivity index (χ3v) is 6.91. The van der Waals surface area contributed by atoms with Gasteiger partial charge >= 0.3 is 5.97 Å². The quantitative estimate of drug-likeness (QED) is 0.225. The number of benzene rings is 2. The summed E-state index contributed by atoms with van der Waals surface area (Å²) in [7, 11) is 0. The minimum Gasteiger partial charge on any atom is -0.423 e. The fourth-order valence-corrected chi connectivity index (χ4v) is 5.18. The van der Waals surface area contributed by atoms with Crippen molar-refractivity contribution in [3.8, 4) is 11.8 Å². The third kappa shape index (κ3) is 5.48. The van der Waals surface area contributed by atoms with Crippen LogP contribution in [0, 0.1) is 18.3 Å². The normalized spacial score (nSPS) is 12.9. The number of thiophene rings is 1. The number of anilines is 1. The number of hydrogen-bond acceptors (Lipinski definition) is 6. The number of ether oxygens (including phenoxy) is 1. The Labute approximate surface area is 206 Å². The minimum atomic E-state index is -0.622. The van der Waals surface area contributed by atoms with Gasteiger partial charge in [0.15, 0.2) is 0 Å². The van der Waals surface area contributed by atoms with Crippen molar-refractivity contribution in [1.29, 1.82) is 5.26 Å². The molecule has 35 heavy (non-hydrogen) atoms. The van der Waals surface area contributed by atoms with Gasteiger partial charge in [0.25, 0.3) is 11.8 Å². The Balaban J connectivity index is 1.48. The largest absolute Gasteiger partial charge is 0.423 e. The lowest BCUT2D eigenvalue weighted by atomic mass is 9.95. The van der Waals surface area contributed by atoms with Gasteiger partial charge in [0.05, 0.1) is 11.1 Å². The van der Waals surface area contributed by atoms with E-state index in [0.717, 1.165) is 41.7 Å². The van der Waals surface area contributed by atoms with Crippen molar-refractivity contribution in [2.75, 3.05) is 5.32 Å². The fourth-order valence-electron chi connectivity index (χ4n) is 3.89. The van der Waals surface area contributed by atoms with Crippen LogP contribution in [0.1, 0.15) is 55.1 Å². The minimum absolute atomic E-state index is 0.129. The monoisotopic (exact) mass is 485 g/mol. The van der Waals surface area contributed by atoms with E-state index in [4.69, 9.17) is 10.5 Å². The zero-order valence-corrected chi connectivity index (χ0v) is 19.9. The number of carbonyl (C=O) groups excluding carboxylic acids is 3. The van der Waals surface area contributed by atoms with Crippen LogP contribution in [0.2, 0.25) is 0 Å². The number of carbonyl (C=O) groups is 3. The van der Waals surface area contributed by atoms with E-state index in [1.807, 2.05) is 25.1 Å². The third-order valence-electron chi connectivity index (χ3n) is 5.70. The number of nitrogens with one attached hydrogen (secondary N) is 1. The SMILES string of the molecule is Cc1ccc(C(=O)Oc2ccc(C=C(C#N)C(=O)Nc3sc4c(c3C(N)=O)CCCC4)cc2)cc1. The van der Waals surface area contributed by atoms with Crippen LogP contribution in [0.5, 0.6) is 5.75 Å². The second-order valence-electron chi connectivity index (χ2n) is 8.23. The van der Waals surface area contributed by atoms with Gasteiger partial charge in [0.1, 0.15) is 22.4 Å². The highest BCUT2D eigenvalue weighted by Gasteiger charge is 2.25. The van der Waals surface area contributed by atoms with E-state index in [0.29, 0.717) is 27.4 Å². The average molecular weight is 486 g/mol. The summed E-state index contributed by atoms with van der Waals surface area (Å²) in [5.74, 6) is -1.35. The Kier molecular flexibility index (Phi) is 7.09. The average Bonchev–Trinajstić information content (AvgIpc) is 3.21. The van der Waals surface area contributed by atoms with Gasteiger partial charge in [0, 0.05) is 4.88 Å². The summed E-state index contributed by atoms with van der Waals surface area (Å²) in [6.07, 6.45) is 5.02. The predicted octanol–water partition coefficient (Wildman–Crippen LogP) is 4.80. The van der Waals surface area contributed by atoms with Gasteiger partial charge in [0.2, 0.25) is 0 Å². The van der Waals surface area contributed by atoms with E-state index in [-0.39, 0.29) is 5.57 Å². The van der Waals surface area contributed by atoms with Crippen molar-refractivity contribution in [3.05, 3.63) is 86.8 Å². The molecule has 0 radical (unpaired) electrons. The first-order valence-electron chi connectivity index (χ1n) is 11.1. The van der Waals surface area contributed by atoms with Crippen molar-refractivity contribution in [2.45, 2.75) is 32.6 Å². The molecule has 7 nitrogen and oxygen atoms in total. The molecule has 1 aliphatic carbocycles. The summed E-state index contributed by atoms with van der Waals surface area (Å²) < 4.78 is 5.38. The first kappa shape index (κ1) is 23.9. The maximum Gasteiger partial charge on any atom is 0.343 e. The molecule has 0 saturated heterocycles. The summed E-state index contributed by atoms with van der Waals surface area (Å²) in [4.78, 5) is 38.2. The summed E-state index contributed by atoms with van der Waals surface area (Å²) in [5, 5.41) is 12.6. The number of fused-ring (bicyclic) bond motifs is 1. The number of rotatable bonds is 6. The van der Waals surface area contributed by atoms with Crippen LogP contribution in [0.15, 0.2) is 54.1 Å². The zero-order chi connectivity index (χ0) is 24.9. The van der Waals surface area contributed by atoms with Crippen LogP contribution in [0.25, 0.3) is 6.08 Å². The molecule has 0 unspecified atom stereocenters. The van der Waals surface area contributed by atoms with E-state index in [2.05, 4.69) is 5.32 Å². The molecule has 4 rings (SSSR count). The second kappa shape index (κ2) is 10.4. The Hall–Kier alpha value is -4.22. The van der Waals surface area contributed by atoms with E-state index in [9.17, 15) is 19.6 Å². The molecule has 0 aliphatic heterocycles. The number of hydrogen-bond donors (Lipinski definition) is 2. The van der Waals surface area contributed by atoms with E-state index < -0.39 is 17.8 Å². The molecule has 2 amide bonds. The molecule has 0 bridgehead atoms. The molecule has 3 aromatic rings. The van der Waals surface area contributed by atoms with E-state index >= 15 is 0 Å². The van der Waals surface area contributed by atoms with Gasteiger partial charge in [-0.1, -0.05) is 29.8 Å². The Bertz CT molecular complexity index is 1360. The van der Waals surface area contributed by atoms with Crippen LogP contribution in [-0.4, -0.2) is 17.8 Å². The molecule has 0 fully saturated rings. The van der Waals surface area contributed by atoms with Gasteiger partial charge in [-0.05, 0) is 74.1 Å². The Morgan fingerprint density at radius 1 is 1.06 bits per heavy atom. The van der Waals surface area contributed by atoms with Crippen molar-refractivity contribution < 1.29 is 19.1 Å². The van der Waals surface area contributed by atoms with Crippen molar-refractivity contribution in [3.63, 3.8) is 0 Å². The second-order valence-corrected chi connectivity index (χ2v) is 9.33. The number of primary amides is 1. The molecular formula is C27H23N3O4S. The van der Waals surface area contributed by atoms with Crippen LogP contribution in [0.4, 0.5) is 5.00 Å². The van der Waals surface area contributed by atoms with Crippen molar-refractivity contribution in [1.82, 2.24) is 0 Å². The lowest BCUT2D eigenvalue weighted by molar-refractivity contribution is -0.112. The molecule has 2 aromatic carbocycles. The maximum atomic E-state index is 12.8. The summed E-state index contributed by atoms with van der Waals surface area (Å²) >= 11 is 1.34. The van der Waals surface area contributed by atoms with Crippen LogP contribution in [-0.2, 0) is 17.6 Å². The summed E-state index contributed by atoms with van der Waals surface area (Å²) in [6, 6.07) is 15.4. The Morgan fingerprint density at radius 2 is 1.74 bits per heavy atom. The predicted molar refractivity (Wildman–Crippen MR) is 134 cm³/mol. The number of nitriles is 1. The van der Waals surface area contributed by atoms with Crippen LogP contribution < -0.4 is 15.8 Å². The molecule has 3 N–H and O–H groups in total. The molecule has 8 heteroatoms. The molecule has 1 aliphatic rings.